The largest absolute Gasteiger partial charge is 0.496 e. The molecular weight excluding hydrogens is 418 g/mol. The Kier molecular flexibility index (Phi) is 6.31. The monoisotopic (exact) mass is 445 g/mol. The molecule has 0 saturated heterocycles. The van der Waals surface area contributed by atoms with Crippen molar-refractivity contribution < 1.29 is 18.7 Å². The maximum absolute atomic E-state index is 13.0. The topological polar surface area (TPSA) is 92.9 Å². The zero-order valence-corrected chi connectivity index (χ0v) is 19.2. The minimum Gasteiger partial charge on any atom is -0.496 e. The average Bonchev–Trinajstić information content (AvgIpc) is 3.17. The van der Waals surface area contributed by atoms with Crippen molar-refractivity contribution in [1.29, 1.82) is 0 Å². The molecule has 7 heteroatoms. The van der Waals surface area contributed by atoms with Crippen LogP contribution in [0.4, 0.5) is 5.69 Å². The molecule has 4 rings (SSSR count). The number of nitrogens with zero attached hydrogens (tertiary/aromatic N) is 1. The fourth-order valence-electron chi connectivity index (χ4n) is 4.07. The molecule has 1 aliphatic rings. The molecule has 0 atom stereocenters. The smallest absolute Gasteiger partial charge is 0.291 e. The van der Waals surface area contributed by atoms with Crippen LogP contribution in [0.2, 0.25) is 0 Å². The number of ether oxygens (including phenoxy) is 1. The Balaban J connectivity index is 1.59. The number of anilines is 1. The van der Waals surface area contributed by atoms with Crippen LogP contribution in [0.15, 0.2) is 52.0 Å². The van der Waals surface area contributed by atoms with Gasteiger partial charge in [0.05, 0.1) is 18.4 Å². The first-order chi connectivity index (χ1) is 15.9. The molecule has 7 nitrogen and oxygen atoms in total. The molecule has 0 spiro atoms. The van der Waals surface area contributed by atoms with E-state index in [-0.39, 0.29) is 17.6 Å². The predicted molar refractivity (Wildman–Crippen MR) is 127 cm³/mol. The van der Waals surface area contributed by atoms with Gasteiger partial charge in [-0.3, -0.25) is 9.59 Å². The van der Waals surface area contributed by atoms with E-state index in [1.165, 1.54) is 7.11 Å². The van der Waals surface area contributed by atoms with Gasteiger partial charge in [0.25, 0.3) is 11.8 Å². The molecule has 0 saturated carbocycles. The molecule has 2 N–H and O–H groups in total. The highest BCUT2D eigenvalue weighted by molar-refractivity contribution is 6.10. The molecular formula is C26H27N3O4. The minimum absolute atomic E-state index is 0.270. The second-order valence-corrected chi connectivity index (χ2v) is 8.11. The maximum atomic E-state index is 13.0. The van der Waals surface area contributed by atoms with Crippen molar-refractivity contribution >= 4 is 23.2 Å². The summed E-state index contributed by atoms with van der Waals surface area (Å²) >= 11 is 0. The Morgan fingerprint density at radius 2 is 1.76 bits per heavy atom. The highest BCUT2D eigenvalue weighted by atomic mass is 16.5. The van der Waals surface area contributed by atoms with Crippen LogP contribution in [-0.2, 0) is 6.42 Å². The van der Waals surface area contributed by atoms with E-state index in [1.54, 1.807) is 24.3 Å². The van der Waals surface area contributed by atoms with Crippen molar-refractivity contribution in [1.82, 2.24) is 5.43 Å². The second-order valence-electron chi connectivity index (χ2n) is 8.11. The molecule has 33 heavy (non-hydrogen) atoms. The standard InChI is InChI=1S/C26H27N3O4/c1-15-9-7-11-19(16(15)2)27-26(31)24-17(3)23-20(12-8-14-22(23)33-24)28-29-25(30)18-10-5-6-13-21(18)32-4/h5-7,9-11,13H,8,12,14H2,1-4H3,(H,27,31)(H,29,30)/b28-20+. The molecule has 1 heterocycles. The van der Waals surface area contributed by atoms with Crippen molar-refractivity contribution in [3.8, 4) is 5.75 Å². The number of para-hydroxylation sites is 1. The number of nitrogens with one attached hydrogen (secondary N) is 2. The van der Waals surface area contributed by atoms with Gasteiger partial charge < -0.3 is 14.5 Å². The molecule has 0 unspecified atom stereocenters. The molecule has 3 aromatic rings. The first-order valence-corrected chi connectivity index (χ1v) is 10.9. The number of furan rings is 1. The number of hydrogen-bond acceptors (Lipinski definition) is 5. The number of hydrazone groups is 1. The molecule has 0 aliphatic heterocycles. The van der Waals surface area contributed by atoms with Crippen molar-refractivity contribution in [3.05, 3.63) is 81.8 Å². The Bertz CT molecular complexity index is 1260. The van der Waals surface area contributed by atoms with E-state index in [0.717, 1.165) is 40.1 Å². The Hall–Kier alpha value is -3.87. The molecule has 0 radical (unpaired) electrons. The van der Waals surface area contributed by atoms with E-state index in [1.807, 2.05) is 39.0 Å². The summed E-state index contributed by atoms with van der Waals surface area (Å²) in [4.78, 5) is 25.7. The Morgan fingerprint density at radius 3 is 2.55 bits per heavy atom. The van der Waals surface area contributed by atoms with Crippen LogP contribution in [0, 0.1) is 20.8 Å². The van der Waals surface area contributed by atoms with Crippen LogP contribution >= 0.6 is 0 Å². The number of carbonyl (C=O) groups is 2. The molecule has 0 bridgehead atoms. The first-order valence-electron chi connectivity index (χ1n) is 10.9. The summed E-state index contributed by atoms with van der Waals surface area (Å²) < 4.78 is 11.2. The lowest BCUT2D eigenvalue weighted by atomic mass is 9.93. The van der Waals surface area contributed by atoms with E-state index in [4.69, 9.17) is 9.15 Å². The van der Waals surface area contributed by atoms with Gasteiger partial charge in [-0.15, -0.1) is 0 Å². The first kappa shape index (κ1) is 22.3. The van der Waals surface area contributed by atoms with Crippen LogP contribution in [0.25, 0.3) is 0 Å². The van der Waals surface area contributed by atoms with E-state index in [9.17, 15) is 9.59 Å². The van der Waals surface area contributed by atoms with E-state index in [2.05, 4.69) is 15.8 Å². The van der Waals surface area contributed by atoms with Crippen LogP contribution in [-0.4, -0.2) is 24.6 Å². The number of fused-ring (bicyclic) bond motifs is 1. The number of carbonyl (C=O) groups excluding carboxylic acids is 2. The lowest BCUT2D eigenvalue weighted by Gasteiger charge is -2.14. The summed E-state index contributed by atoms with van der Waals surface area (Å²) in [5, 5.41) is 7.35. The van der Waals surface area contributed by atoms with Crippen molar-refractivity contribution in [2.45, 2.75) is 40.0 Å². The number of methoxy groups -OCH3 is 1. The van der Waals surface area contributed by atoms with Crippen molar-refractivity contribution in [2.75, 3.05) is 12.4 Å². The van der Waals surface area contributed by atoms with Gasteiger partial charge >= 0.3 is 0 Å². The number of rotatable bonds is 5. The summed E-state index contributed by atoms with van der Waals surface area (Å²) in [7, 11) is 1.52. The summed E-state index contributed by atoms with van der Waals surface area (Å²) in [5.74, 6) is 0.806. The zero-order chi connectivity index (χ0) is 23.5. The number of aryl methyl sites for hydroxylation is 2. The lowest BCUT2D eigenvalue weighted by Crippen LogP contribution is -2.22. The van der Waals surface area contributed by atoms with Crippen LogP contribution in [0.1, 0.15) is 61.8 Å². The van der Waals surface area contributed by atoms with Crippen molar-refractivity contribution in [3.63, 3.8) is 0 Å². The molecule has 1 aliphatic carbocycles. The Morgan fingerprint density at radius 1 is 0.970 bits per heavy atom. The van der Waals surface area contributed by atoms with Gasteiger partial charge in [-0.2, -0.15) is 5.10 Å². The SMILES string of the molecule is COc1ccccc1C(=O)N/N=C1\CCCc2oc(C(=O)Nc3cccc(C)c3C)c(C)c21. The summed E-state index contributed by atoms with van der Waals surface area (Å²) in [6.07, 6.45) is 2.21. The van der Waals surface area contributed by atoms with E-state index in [0.29, 0.717) is 29.9 Å². The number of hydrogen-bond donors (Lipinski definition) is 2. The van der Waals surface area contributed by atoms with Gasteiger partial charge in [-0.25, -0.2) is 5.43 Å². The van der Waals surface area contributed by atoms with Gasteiger partial charge in [0.2, 0.25) is 0 Å². The highest BCUT2D eigenvalue weighted by Gasteiger charge is 2.28. The quantitative estimate of drug-likeness (QED) is 0.544. The maximum Gasteiger partial charge on any atom is 0.291 e. The zero-order valence-electron chi connectivity index (χ0n) is 19.2. The average molecular weight is 446 g/mol. The van der Waals surface area contributed by atoms with Gasteiger partial charge in [0, 0.05) is 23.2 Å². The minimum atomic E-state index is -0.360. The van der Waals surface area contributed by atoms with Gasteiger partial charge in [-0.05, 0) is 62.9 Å². The van der Waals surface area contributed by atoms with Crippen molar-refractivity contribution in [2.24, 2.45) is 5.10 Å². The fourth-order valence-corrected chi connectivity index (χ4v) is 4.07. The number of amides is 2. The normalized spacial score (nSPS) is 14.0. The third-order valence-electron chi connectivity index (χ3n) is 6.03. The van der Waals surface area contributed by atoms with E-state index < -0.39 is 0 Å². The van der Waals surface area contributed by atoms with Gasteiger partial charge in [-0.1, -0.05) is 24.3 Å². The summed E-state index contributed by atoms with van der Waals surface area (Å²) in [6.45, 7) is 5.83. The third-order valence-corrected chi connectivity index (χ3v) is 6.03. The van der Waals surface area contributed by atoms with Gasteiger partial charge in [0.1, 0.15) is 11.5 Å². The number of benzene rings is 2. The molecule has 1 aromatic heterocycles. The van der Waals surface area contributed by atoms with E-state index >= 15 is 0 Å². The molecule has 2 aromatic carbocycles. The molecule has 2 amide bonds. The summed E-state index contributed by atoms with van der Waals surface area (Å²) in [5.41, 5.74) is 8.12. The second kappa shape index (κ2) is 9.32. The van der Waals surface area contributed by atoms with Gasteiger partial charge in [0.15, 0.2) is 5.76 Å². The molecule has 170 valence electrons. The van der Waals surface area contributed by atoms with Crippen LogP contribution in [0.3, 0.4) is 0 Å². The van der Waals surface area contributed by atoms with Crippen LogP contribution < -0.4 is 15.5 Å². The van der Waals surface area contributed by atoms with Crippen LogP contribution in [0.5, 0.6) is 5.75 Å². The Labute approximate surface area is 192 Å². The summed E-state index contributed by atoms with van der Waals surface area (Å²) in [6, 6.07) is 12.8. The lowest BCUT2D eigenvalue weighted by molar-refractivity contribution is 0.0950. The fraction of sp³-hybridized carbons (Fsp3) is 0.269. The highest BCUT2D eigenvalue weighted by Crippen LogP contribution is 2.31. The third kappa shape index (κ3) is 4.39. The molecule has 0 fully saturated rings. The predicted octanol–water partition coefficient (Wildman–Crippen LogP) is 4.94.